The van der Waals surface area contributed by atoms with E-state index in [2.05, 4.69) is 41.6 Å². The number of amides is 4. The zero-order valence-electron chi connectivity index (χ0n) is 47.8. The molecule has 7 rings (SSSR count). The molecular weight excluding hydrogens is 1280 g/mol. The van der Waals surface area contributed by atoms with Gasteiger partial charge in [0, 0.05) is 69.8 Å². The van der Waals surface area contributed by atoms with Gasteiger partial charge in [-0.1, -0.05) is 30.5 Å². The van der Waals surface area contributed by atoms with Crippen LogP contribution in [0.5, 0.6) is 0 Å². The van der Waals surface area contributed by atoms with Crippen molar-refractivity contribution < 1.29 is 109 Å². The van der Waals surface area contributed by atoms with Crippen LogP contribution in [0.3, 0.4) is 0 Å². The molecule has 5 aromatic rings. The number of urea groups is 1. The van der Waals surface area contributed by atoms with Gasteiger partial charge in [-0.2, -0.15) is 49.6 Å². The number of nitrogens with one attached hydrogen (secondary N) is 1. The van der Waals surface area contributed by atoms with Crippen LogP contribution in [0.1, 0.15) is 85.9 Å². The summed E-state index contributed by atoms with van der Waals surface area (Å²) < 4.78 is 215. The second-order valence-corrected chi connectivity index (χ2v) is 26.0. The van der Waals surface area contributed by atoms with Crippen molar-refractivity contribution in [2.45, 2.75) is 94.5 Å². The summed E-state index contributed by atoms with van der Waals surface area (Å²) >= 11 is 6.67. The molecule has 0 spiro atoms. The SMILES string of the molecule is CN(C=O)CC=O.CO.COCOP(=O)(O)O.C[C@H]1CC(F)(F)c2c1c(C(F)(F)F)nn2CC(=O)NC(Cc1cc(F)cc(F)c1)c1nc(C#CC(C)(C)S(C)(=O)=O)ccc1-c1ccc(Cl)c2c(N(C(=O)N3CCCC3)S(C)(=O)=O)nn(CC(F)(F)F)c12. The van der Waals surface area contributed by atoms with E-state index in [1.807, 2.05) is 0 Å². The smallest absolute Gasteiger partial charge is 0.400 e. The van der Waals surface area contributed by atoms with Gasteiger partial charge in [0.05, 0.1) is 40.5 Å². The minimum atomic E-state index is -5.24. The quantitative estimate of drug-likeness (QED) is 0.0234. The van der Waals surface area contributed by atoms with E-state index in [-0.39, 0.29) is 57.8 Å². The Kier molecular flexibility index (Phi) is 24.5. The zero-order valence-corrected chi connectivity index (χ0v) is 51.0. The first kappa shape index (κ1) is 73.7. The molecule has 23 nitrogen and oxygen atoms in total. The molecule has 1 aliphatic carbocycles. The minimum Gasteiger partial charge on any atom is -0.400 e. The van der Waals surface area contributed by atoms with E-state index in [9.17, 15) is 75.7 Å². The maximum atomic E-state index is 15.4. The van der Waals surface area contributed by atoms with Crippen molar-refractivity contribution in [2.75, 3.05) is 64.5 Å². The third-order valence-electron chi connectivity index (χ3n) is 12.7. The Morgan fingerprint density at radius 1 is 0.955 bits per heavy atom. The number of pyridine rings is 1. The van der Waals surface area contributed by atoms with Crippen molar-refractivity contribution in [2.24, 2.45) is 0 Å². The van der Waals surface area contributed by atoms with Crippen LogP contribution in [0, 0.1) is 23.5 Å². The molecule has 37 heteroatoms. The summed E-state index contributed by atoms with van der Waals surface area (Å²) in [5, 5.41) is 15.9. The van der Waals surface area contributed by atoms with Crippen molar-refractivity contribution in [1.82, 2.24) is 39.7 Å². The number of aliphatic hydroxyl groups excluding tert-OH is 1. The number of benzene rings is 2. The number of hydrogen-bond acceptors (Lipinski definition) is 15. The number of rotatable bonds is 17. The summed E-state index contributed by atoms with van der Waals surface area (Å²) in [6.45, 7) is 0.366. The number of alkyl halides is 8. The number of nitrogens with zero attached hydrogens (tertiary/aromatic N) is 8. The van der Waals surface area contributed by atoms with Crippen molar-refractivity contribution in [3.8, 4) is 23.0 Å². The lowest BCUT2D eigenvalue weighted by Crippen LogP contribution is -2.45. The number of fused-ring (bicyclic) bond motifs is 2. The largest absolute Gasteiger partial charge is 0.471 e. The Morgan fingerprint density at radius 2 is 1.55 bits per heavy atom. The number of hydrogen-bond donors (Lipinski definition) is 4. The molecule has 2 atom stereocenters. The average Bonchev–Trinajstić information content (AvgIpc) is 1.60. The Labute approximate surface area is 502 Å². The molecular formula is C51H59ClF10N9O14PS2. The summed E-state index contributed by atoms with van der Waals surface area (Å²) in [6, 6.07) is 3.81. The number of aldehydes is 1. The summed E-state index contributed by atoms with van der Waals surface area (Å²) in [5.41, 5.74) is -5.81. The summed E-state index contributed by atoms with van der Waals surface area (Å²) in [5.74, 6) is -4.56. The van der Waals surface area contributed by atoms with E-state index in [0.29, 0.717) is 42.5 Å². The highest BCUT2D eigenvalue weighted by atomic mass is 35.5. The number of ether oxygens (including phenoxy) is 1. The lowest BCUT2D eigenvalue weighted by Gasteiger charge is -2.24. The molecule has 4 amide bonds. The van der Waals surface area contributed by atoms with E-state index in [4.69, 9.17) is 26.5 Å². The van der Waals surface area contributed by atoms with Crippen LogP contribution in [-0.2, 0) is 79.7 Å². The van der Waals surface area contributed by atoms with Gasteiger partial charge in [-0.05, 0) is 80.8 Å². The molecule has 4 N–H and O–H groups in total. The molecule has 1 saturated heterocycles. The standard InChI is InChI=1S/C44H41ClF10N8O6S2.C4H7NO2.C2H7O5P.CH4O/c1-23-20-42(48,49)38-33(23)37(44(53,54)55)58-61(38)21-32(64)57-31(18-24-16-25(46)19-26(47)17-24)35-28(9-8-27(56-35)12-13-41(2,3)70(4,66)67)29-10-11-30(45)34-36(29)62(22-43(50,51)52)59-39(34)63(71(5,68)69)40(65)60-14-6-7-15-60;1-5(4-7)2-3-6;1-6-2-7-8(3,4)5;1-2/h8-11,16-17,19,23,31H,6-7,14-15,18,20-22H2,1-5H3,(H,57,64);3-4H,2H2,1H3;2H2,1H3,(H2,3,4,5);2H,1H3/t23-,31?;;;/m0.../s1. The molecule has 88 heavy (non-hydrogen) atoms. The maximum absolute atomic E-state index is 15.4. The second-order valence-electron chi connectivity index (χ2n) is 20.0. The van der Waals surface area contributed by atoms with Gasteiger partial charge in [0.1, 0.15) is 47.1 Å². The number of phosphoric ester groups is 1. The molecule has 0 radical (unpaired) electrons. The van der Waals surface area contributed by atoms with Crippen molar-refractivity contribution >= 4 is 80.6 Å². The Balaban J connectivity index is 0.000000856. The Hall–Kier alpha value is -6.77. The Bertz CT molecular complexity index is 3700. The second kappa shape index (κ2) is 29.2. The molecule has 0 bridgehead atoms. The number of aliphatic hydroxyl groups is 1. The summed E-state index contributed by atoms with van der Waals surface area (Å²) in [6.07, 6.45) is -8.33. The third-order valence-corrected chi connectivity index (χ3v) is 16.4. The number of carbonyl (C=O) groups is 4. The number of aromatic nitrogens is 5. The molecule has 0 saturated carbocycles. The van der Waals surface area contributed by atoms with E-state index >= 15 is 8.78 Å². The molecule has 1 fully saturated rings. The van der Waals surface area contributed by atoms with Gasteiger partial charge >= 0.3 is 26.2 Å². The number of anilines is 1. The predicted octanol–water partition coefficient (Wildman–Crippen LogP) is 7.24. The number of methoxy groups -OCH3 is 1. The van der Waals surface area contributed by atoms with Gasteiger partial charge in [0.15, 0.2) is 28.1 Å². The minimum absolute atomic E-state index is 0.0902. The fraction of sp³-hybridized carbons (Fsp3) is 0.471. The van der Waals surface area contributed by atoms with Crippen LogP contribution in [0.4, 0.5) is 54.5 Å². The average molecular weight is 1340 g/mol. The number of likely N-dealkylation sites (tertiary alicyclic amines) is 1. The van der Waals surface area contributed by atoms with E-state index in [1.54, 1.807) is 7.05 Å². The van der Waals surface area contributed by atoms with E-state index < -0.39 is 157 Å². The molecule has 1 unspecified atom stereocenters. The summed E-state index contributed by atoms with van der Waals surface area (Å²) in [4.78, 5) is 70.2. The molecule has 486 valence electrons. The number of carbonyl (C=O) groups excluding carboxylic acids is 4. The van der Waals surface area contributed by atoms with Gasteiger partial charge in [-0.3, -0.25) is 23.5 Å². The van der Waals surface area contributed by atoms with Crippen LogP contribution in [-0.4, -0.2) is 162 Å². The first-order valence-electron chi connectivity index (χ1n) is 25.4. The number of phosphoric acid groups is 1. The van der Waals surface area contributed by atoms with Gasteiger partial charge < -0.3 is 39.5 Å². The van der Waals surface area contributed by atoms with Crippen molar-refractivity contribution in [3.63, 3.8) is 0 Å². The van der Waals surface area contributed by atoms with Gasteiger partial charge in [0.2, 0.25) is 22.3 Å². The summed E-state index contributed by atoms with van der Waals surface area (Å²) in [7, 11) is -9.08. The van der Waals surface area contributed by atoms with Crippen molar-refractivity contribution in [3.05, 3.63) is 93.0 Å². The molecule has 2 aliphatic rings. The molecule has 2 aromatic carbocycles. The van der Waals surface area contributed by atoms with Gasteiger partial charge in [0.25, 0.3) is 5.92 Å². The fourth-order valence-electron chi connectivity index (χ4n) is 8.75. The Morgan fingerprint density at radius 3 is 2.03 bits per heavy atom. The van der Waals surface area contributed by atoms with Crippen LogP contribution in [0.25, 0.3) is 22.0 Å². The monoisotopic (exact) mass is 1340 g/mol. The lowest BCUT2D eigenvalue weighted by atomic mass is 9.93. The van der Waals surface area contributed by atoms with Crippen LogP contribution >= 0.6 is 19.4 Å². The van der Waals surface area contributed by atoms with Gasteiger partial charge in [-0.25, -0.2) is 40.0 Å². The van der Waals surface area contributed by atoms with Crippen LogP contribution < -0.4 is 9.62 Å². The van der Waals surface area contributed by atoms with E-state index in [1.165, 1.54) is 38.0 Å². The molecule has 3 aromatic heterocycles. The maximum Gasteiger partial charge on any atom is 0.471 e. The number of sulfonamides is 1. The van der Waals surface area contributed by atoms with Gasteiger partial charge in [-0.15, -0.1) is 0 Å². The van der Waals surface area contributed by atoms with E-state index in [0.717, 1.165) is 49.5 Å². The number of halogens is 11. The number of likely N-dealkylation sites (N-methyl/N-ethyl adjacent to an activating group) is 1. The lowest BCUT2D eigenvalue weighted by molar-refractivity contribution is -0.143. The highest BCUT2D eigenvalue weighted by molar-refractivity contribution is 7.93. The first-order valence-corrected chi connectivity index (χ1v) is 31.0. The number of sulfone groups is 1. The normalized spacial score (nSPS) is 15.2. The first-order chi connectivity index (χ1) is 40.5. The molecule has 1 aliphatic heterocycles. The van der Waals surface area contributed by atoms with Crippen LogP contribution in [0.2, 0.25) is 5.02 Å². The topological polar surface area (TPSA) is 303 Å². The van der Waals surface area contributed by atoms with Crippen LogP contribution in [0.15, 0.2) is 42.5 Å². The predicted molar refractivity (Wildman–Crippen MR) is 296 cm³/mol. The highest BCUT2D eigenvalue weighted by Crippen LogP contribution is 2.52. The fourth-order valence-corrected chi connectivity index (χ4v) is 10.3. The van der Waals surface area contributed by atoms with Crippen molar-refractivity contribution in [1.29, 1.82) is 0 Å². The molecule has 4 heterocycles. The highest BCUT2D eigenvalue weighted by Gasteiger charge is 2.53. The zero-order chi connectivity index (χ0) is 66.9. The third kappa shape index (κ3) is 19.1.